The largest absolute Gasteiger partial charge is 0.318 e. The second-order valence-corrected chi connectivity index (χ2v) is 4.19. The molecule has 3 nitrogen and oxygen atoms in total. The van der Waals surface area contributed by atoms with Gasteiger partial charge in [0, 0.05) is 31.5 Å². The van der Waals surface area contributed by atoms with Gasteiger partial charge in [-0.2, -0.15) is 0 Å². The number of nitrogens with one attached hydrogen (secondary N) is 1. The molecule has 0 amide bonds. The van der Waals surface area contributed by atoms with E-state index in [1.54, 1.807) is 0 Å². The molecule has 0 saturated carbocycles. The molecule has 90 valence electrons. The molecule has 0 aromatic carbocycles. The minimum absolute atomic E-state index is 0. The molecular weight excluding hydrogens is 222 g/mol. The number of pyridine rings is 1. The lowest BCUT2D eigenvalue weighted by Gasteiger charge is -2.23. The maximum Gasteiger partial charge on any atom is 0.0312 e. The summed E-state index contributed by atoms with van der Waals surface area (Å²) in [5.74, 6) is 0. The summed E-state index contributed by atoms with van der Waals surface area (Å²) in [6.07, 6.45) is 6.45. The zero-order chi connectivity index (χ0) is 10.5. The fourth-order valence-corrected chi connectivity index (χ4v) is 2.30. The molecule has 1 aliphatic heterocycles. The van der Waals surface area contributed by atoms with Crippen molar-refractivity contribution in [1.29, 1.82) is 0 Å². The summed E-state index contributed by atoms with van der Waals surface area (Å²) < 4.78 is 0. The van der Waals surface area contributed by atoms with Crippen LogP contribution in [0.1, 0.15) is 18.4 Å². The van der Waals surface area contributed by atoms with Gasteiger partial charge in [-0.3, -0.25) is 9.88 Å². The van der Waals surface area contributed by atoms with Gasteiger partial charge in [0.2, 0.25) is 0 Å². The second-order valence-electron chi connectivity index (χ2n) is 4.19. The standard InChI is InChI=1S/C12H19N3.ClH/c1-13-9-12-5-3-7-15(12)10-11-4-2-6-14-8-11;/h2,4,6,8,12-13H,3,5,7,9-10H2,1H3;1H. The van der Waals surface area contributed by atoms with E-state index in [4.69, 9.17) is 0 Å². The highest BCUT2D eigenvalue weighted by molar-refractivity contribution is 5.85. The zero-order valence-electron chi connectivity index (χ0n) is 9.72. The maximum absolute atomic E-state index is 4.16. The van der Waals surface area contributed by atoms with Crippen LogP contribution in [0.15, 0.2) is 24.5 Å². The fraction of sp³-hybridized carbons (Fsp3) is 0.583. The van der Waals surface area contributed by atoms with Crippen molar-refractivity contribution in [2.45, 2.75) is 25.4 Å². The summed E-state index contributed by atoms with van der Waals surface area (Å²) in [6, 6.07) is 4.87. The zero-order valence-corrected chi connectivity index (χ0v) is 10.5. The second kappa shape index (κ2) is 6.84. The number of hydrogen-bond donors (Lipinski definition) is 1. The molecule has 1 aliphatic rings. The summed E-state index contributed by atoms with van der Waals surface area (Å²) in [7, 11) is 2.03. The highest BCUT2D eigenvalue weighted by Crippen LogP contribution is 2.18. The number of hydrogen-bond acceptors (Lipinski definition) is 3. The minimum Gasteiger partial charge on any atom is -0.318 e. The first kappa shape index (κ1) is 13.4. The van der Waals surface area contributed by atoms with E-state index in [-0.39, 0.29) is 12.4 Å². The third kappa shape index (κ3) is 3.44. The first-order valence-electron chi connectivity index (χ1n) is 5.67. The predicted octanol–water partition coefficient (Wildman–Crippen LogP) is 1.69. The van der Waals surface area contributed by atoms with Gasteiger partial charge in [-0.25, -0.2) is 0 Å². The Hall–Kier alpha value is -0.640. The van der Waals surface area contributed by atoms with Crippen LogP contribution in [0.3, 0.4) is 0 Å². The Morgan fingerprint density at radius 1 is 1.56 bits per heavy atom. The first-order chi connectivity index (χ1) is 7.40. The normalized spacial score (nSPS) is 20.7. The average molecular weight is 242 g/mol. The molecule has 2 heterocycles. The van der Waals surface area contributed by atoms with E-state index in [9.17, 15) is 0 Å². The number of likely N-dealkylation sites (N-methyl/N-ethyl adjacent to an activating group) is 1. The Balaban J connectivity index is 0.00000128. The van der Waals surface area contributed by atoms with Crippen molar-refractivity contribution >= 4 is 12.4 Å². The summed E-state index contributed by atoms with van der Waals surface area (Å²) in [5, 5.41) is 3.27. The van der Waals surface area contributed by atoms with Crippen LogP contribution in [0.5, 0.6) is 0 Å². The van der Waals surface area contributed by atoms with E-state index in [1.165, 1.54) is 24.9 Å². The number of aromatic nitrogens is 1. The van der Waals surface area contributed by atoms with E-state index in [0.29, 0.717) is 6.04 Å². The van der Waals surface area contributed by atoms with Crippen LogP contribution in [0, 0.1) is 0 Å². The van der Waals surface area contributed by atoms with Crippen molar-refractivity contribution in [3.8, 4) is 0 Å². The van der Waals surface area contributed by atoms with Crippen molar-refractivity contribution in [3.63, 3.8) is 0 Å². The fourth-order valence-electron chi connectivity index (χ4n) is 2.30. The smallest absolute Gasteiger partial charge is 0.0312 e. The molecule has 1 fully saturated rings. The predicted molar refractivity (Wildman–Crippen MR) is 68.8 cm³/mol. The Morgan fingerprint density at radius 2 is 2.44 bits per heavy atom. The van der Waals surface area contributed by atoms with Crippen LogP contribution < -0.4 is 5.32 Å². The van der Waals surface area contributed by atoms with E-state index in [0.717, 1.165) is 13.1 Å². The molecule has 0 aliphatic carbocycles. The molecule has 0 bridgehead atoms. The van der Waals surface area contributed by atoms with Gasteiger partial charge in [0.15, 0.2) is 0 Å². The maximum atomic E-state index is 4.16. The van der Waals surface area contributed by atoms with Gasteiger partial charge in [0.25, 0.3) is 0 Å². The molecule has 1 unspecified atom stereocenters. The van der Waals surface area contributed by atoms with E-state index in [2.05, 4.69) is 21.3 Å². The molecule has 0 radical (unpaired) electrons. The number of rotatable bonds is 4. The molecule has 2 rings (SSSR count). The number of halogens is 1. The Morgan fingerprint density at radius 3 is 3.12 bits per heavy atom. The molecule has 1 atom stereocenters. The molecular formula is C12H20ClN3. The van der Waals surface area contributed by atoms with Gasteiger partial charge >= 0.3 is 0 Å². The lowest BCUT2D eigenvalue weighted by Crippen LogP contribution is -2.36. The molecule has 16 heavy (non-hydrogen) atoms. The third-order valence-electron chi connectivity index (χ3n) is 3.05. The van der Waals surface area contributed by atoms with Crippen LogP contribution in [0.4, 0.5) is 0 Å². The Bertz CT molecular complexity index is 292. The van der Waals surface area contributed by atoms with Crippen molar-refractivity contribution < 1.29 is 0 Å². The van der Waals surface area contributed by atoms with Crippen molar-refractivity contribution in [1.82, 2.24) is 15.2 Å². The lowest BCUT2D eigenvalue weighted by atomic mass is 10.2. The third-order valence-corrected chi connectivity index (χ3v) is 3.05. The Kier molecular flexibility index (Phi) is 5.74. The van der Waals surface area contributed by atoms with E-state index < -0.39 is 0 Å². The van der Waals surface area contributed by atoms with Crippen molar-refractivity contribution in [2.75, 3.05) is 20.1 Å². The van der Waals surface area contributed by atoms with Gasteiger partial charge in [-0.05, 0) is 38.1 Å². The molecule has 1 aromatic heterocycles. The molecule has 4 heteroatoms. The quantitative estimate of drug-likeness (QED) is 0.870. The van der Waals surface area contributed by atoms with Gasteiger partial charge in [0.1, 0.15) is 0 Å². The van der Waals surface area contributed by atoms with Crippen LogP contribution in [0.25, 0.3) is 0 Å². The monoisotopic (exact) mass is 241 g/mol. The highest BCUT2D eigenvalue weighted by atomic mass is 35.5. The summed E-state index contributed by atoms with van der Waals surface area (Å²) in [6.45, 7) is 3.36. The van der Waals surface area contributed by atoms with Crippen LogP contribution in [-0.2, 0) is 6.54 Å². The van der Waals surface area contributed by atoms with Gasteiger partial charge in [-0.1, -0.05) is 6.07 Å². The van der Waals surface area contributed by atoms with Gasteiger partial charge < -0.3 is 5.32 Å². The summed E-state index contributed by atoms with van der Waals surface area (Å²) in [5.41, 5.74) is 1.32. The SMILES string of the molecule is CNCC1CCCN1Cc1cccnc1.Cl. The van der Waals surface area contributed by atoms with E-state index >= 15 is 0 Å². The van der Waals surface area contributed by atoms with Gasteiger partial charge in [-0.15, -0.1) is 12.4 Å². The lowest BCUT2D eigenvalue weighted by molar-refractivity contribution is 0.242. The first-order valence-corrected chi connectivity index (χ1v) is 5.67. The Labute approximate surface area is 104 Å². The van der Waals surface area contributed by atoms with Crippen LogP contribution in [-0.4, -0.2) is 36.1 Å². The van der Waals surface area contributed by atoms with Crippen molar-refractivity contribution in [2.24, 2.45) is 0 Å². The number of nitrogens with zero attached hydrogens (tertiary/aromatic N) is 2. The summed E-state index contributed by atoms with van der Waals surface area (Å²) >= 11 is 0. The molecule has 1 N–H and O–H groups in total. The topological polar surface area (TPSA) is 28.2 Å². The molecule has 1 saturated heterocycles. The summed E-state index contributed by atoms with van der Waals surface area (Å²) in [4.78, 5) is 6.70. The molecule has 1 aromatic rings. The van der Waals surface area contributed by atoms with Gasteiger partial charge in [0.05, 0.1) is 0 Å². The van der Waals surface area contributed by atoms with E-state index in [1.807, 2.05) is 25.5 Å². The minimum atomic E-state index is 0. The van der Waals surface area contributed by atoms with Crippen molar-refractivity contribution in [3.05, 3.63) is 30.1 Å². The highest BCUT2D eigenvalue weighted by Gasteiger charge is 2.23. The number of likely N-dealkylation sites (tertiary alicyclic amines) is 1. The molecule has 0 spiro atoms. The van der Waals surface area contributed by atoms with Crippen LogP contribution >= 0.6 is 12.4 Å². The van der Waals surface area contributed by atoms with Crippen LogP contribution in [0.2, 0.25) is 0 Å². The average Bonchev–Trinajstić information content (AvgIpc) is 2.68.